The molecule has 0 saturated heterocycles. The van der Waals surface area contributed by atoms with E-state index in [0.29, 0.717) is 5.88 Å². The summed E-state index contributed by atoms with van der Waals surface area (Å²) in [7, 11) is -0.446. The van der Waals surface area contributed by atoms with E-state index in [9.17, 15) is 0 Å². The summed E-state index contributed by atoms with van der Waals surface area (Å²) < 4.78 is 0. The summed E-state index contributed by atoms with van der Waals surface area (Å²) in [6, 6.07) is 42.5. The summed E-state index contributed by atoms with van der Waals surface area (Å²) in [4.78, 5) is 0. The van der Waals surface area contributed by atoms with Crippen LogP contribution in [-0.4, -0.2) is 0 Å². The van der Waals surface area contributed by atoms with E-state index < -0.39 is 7.92 Å². The highest BCUT2D eigenvalue weighted by molar-refractivity contribution is 7.79. The number of hydrogen-bond donors (Lipinski definition) is 0. The second-order valence-electron chi connectivity index (χ2n) is 7.31. The van der Waals surface area contributed by atoms with Gasteiger partial charge in [-0.15, -0.1) is 11.6 Å². The van der Waals surface area contributed by atoms with Crippen LogP contribution in [0.3, 0.4) is 0 Å². The van der Waals surface area contributed by atoms with Crippen molar-refractivity contribution in [3.63, 3.8) is 0 Å². The zero-order valence-corrected chi connectivity index (χ0v) is 19.9. The van der Waals surface area contributed by atoms with Crippen molar-refractivity contribution in [2.24, 2.45) is 0 Å². The minimum atomic E-state index is -0.446. The van der Waals surface area contributed by atoms with Gasteiger partial charge in [0.1, 0.15) is 0 Å². The van der Waals surface area contributed by atoms with Crippen LogP contribution >= 0.6 is 19.5 Å². The van der Waals surface area contributed by atoms with Gasteiger partial charge in [0.05, 0.1) is 12.0 Å². The Kier molecular flexibility index (Phi) is 9.52. The third-order valence-electron chi connectivity index (χ3n) is 5.11. The van der Waals surface area contributed by atoms with Crippen molar-refractivity contribution in [1.82, 2.24) is 0 Å². The maximum atomic E-state index is 8.86. The zero-order valence-electron chi connectivity index (χ0n) is 18.2. The molecule has 0 bridgehead atoms. The van der Waals surface area contributed by atoms with Gasteiger partial charge in [-0.05, 0) is 41.4 Å². The summed E-state index contributed by atoms with van der Waals surface area (Å²) in [6.07, 6.45) is 0.849. The number of nitrogens with zero attached hydrogens (tertiary/aromatic N) is 1. The molecule has 0 aliphatic rings. The first-order valence-corrected chi connectivity index (χ1v) is 12.6. The lowest BCUT2D eigenvalue weighted by Gasteiger charge is -2.18. The van der Waals surface area contributed by atoms with Crippen LogP contribution < -0.4 is 15.9 Å². The van der Waals surface area contributed by atoms with Crippen molar-refractivity contribution in [2.45, 2.75) is 25.1 Å². The molecule has 0 N–H and O–H groups in total. The normalized spacial score (nSPS) is 11.2. The van der Waals surface area contributed by atoms with Gasteiger partial charge in [0.15, 0.2) is 0 Å². The van der Waals surface area contributed by atoms with E-state index >= 15 is 0 Å². The van der Waals surface area contributed by atoms with Crippen LogP contribution in [0.1, 0.15) is 30.4 Å². The molecule has 0 aliphatic carbocycles. The number of rotatable bonds is 6. The third-order valence-corrected chi connectivity index (χ3v) is 7.87. The molecule has 0 radical (unpaired) electrons. The average Bonchev–Trinajstić information content (AvgIpc) is 2.87. The van der Waals surface area contributed by atoms with Gasteiger partial charge in [-0.2, -0.15) is 5.26 Å². The predicted molar refractivity (Wildman–Crippen MR) is 140 cm³/mol. The van der Waals surface area contributed by atoms with E-state index in [-0.39, 0.29) is 5.92 Å². The van der Waals surface area contributed by atoms with Gasteiger partial charge in [-0.25, -0.2) is 0 Å². The van der Waals surface area contributed by atoms with Gasteiger partial charge in [-0.3, -0.25) is 0 Å². The maximum Gasteiger partial charge on any atom is 0.0710 e. The monoisotopic (exact) mass is 455 g/mol. The van der Waals surface area contributed by atoms with Crippen LogP contribution in [0.15, 0.2) is 115 Å². The van der Waals surface area contributed by atoms with Crippen LogP contribution in [0.5, 0.6) is 0 Å². The molecule has 4 rings (SSSR count). The predicted octanol–water partition coefficient (Wildman–Crippen LogP) is 6.89. The number of alkyl halides is 1. The van der Waals surface area contributed by atoms with Gasteiger partial charge in [0.2, 0.25) is 0 Å². The molecular formula is C29H27ClNP. The highest BCUT2D eigenvalue weighted by Crippen LogP contribution is 2.32. The lowest BCUT2D eigenvalue weighted by atomic mass is 9.97. The Bertz CT molecular complexity index is 1010. The van der Waals surface area contributed by atoms with Gasteiger partial charge in [0, 0.05) is 5.88 Å². The van der Waals surface area contributed by atoms with Crippen molar-refractivity contribution >= 4 is 35.4 Å². The Labute approximate surface area is 198 Å². The quantitative estimate of drug-likeness (QED) is 0.229. The number of halogens is 1. The fourth-order valence-electron chi connectivity index (χ4n) is 3.47. The highest BCUT2D eigenvalue weighted by atomic mass is 35.5. The molecule has 0 saturated carbocycles. The molecule has 3 heteroatoms. The second-order valence-corrected chi connectivity index (χ2v) is 9.80. The molecule has 4 aromatic carbocycles. The van der Waals surface area contributed by atoms with Crippen LogP contribution in [0.2, 0.25) is 0 Å². The Morgan fingerprint density at radius 3 is 1.56 bits per heavy atom. The Morgan fingerprint density at radius 2 is 1.19 bits per heavy atom. The highest BCUT2D eigenvalue weighted by Gasteiger charge is 2.15. The van der Waals surface area contributed by atoms with Gasteiger partial charge in [-0.1, -0.05) is 122 Å². The summed E-state index contributed by atoms with van der Waals surface area (Å²) in [5.74, 6) is 0.513. The third kappa shape index (κ3) is 6.54. The van der Waals surface area contributed by atoms with Crippen LogP contribution in [-0.2, 0) is 5.88 Å². The Morgan fingerprint density at radius 1 is 0.719 bits per heavy atom. The molecule has 0 fully saturated rings. The molecule has 1 atom stereocenters. The number of benzene rings is 4. The molecule has 0 aliphatic heterocycles. The minimum absolute atomic E-state index is 0.00293. The van der Waals surface area contributed by atoms with Gasteiger partial charge < -0.3 is 0 Å². The van der Waals surface area contributed by atoms with Crippen molar-refractivity contribution in [3.8, 4) is 6.07 Å². The van der Waals surface area contributed by atoms with Crippen LogP contribution in [0.25, 0.3) is 0 Å². The van der Waals surface area contributed by atoms with Crippen molar-refractivity contribution in [1.29, 1.82) is 5.26 Å². The van der Waals surface area contributed by atoms with E-state index in [1.807, 2.05) is 31.2 Å². The van der Waals surface area contributed by atoms with E-state index in [0.717, 1.165) is 17.5 Å². The molecule has 0 spiro atoms. The topological polar surface area (TPSA) is 23.8 Å². The molecule has 1 unspecified atom stereocenters. The molecule has 0 aromatic heterocycles. The molecule has 32 heavy (non-hydrogen) atoms. The van der Waals surface area contributed by atoms with Gasteiger partial charge >= 0.3 is 0 Å². The average molecular weight is 456 g/mol. The fraction of sp³-hybridized carbons (Fsp3) is 0.138. The van der Waals surface area contributed by atoms with Crippen LogP contribution in [0, 0.1) is 11.3 Å². The summed E-state index contributed by atoms with van der Waals surface area (Å²) in [5, 5.41) is 13.1. The van der Waals surface area contributed by atoms with Crippen molar-refractivity contribution in [2.75, 3.05) is 0 Å². The first-order valence-electron chi connectivity index (χ1n) is 10.8. The molecule has 1 nitrogen and oxygen atoms in total. The second kappa shape index (κ2) is 12.8. The number of hydrogen-bond acceptors (Lipinski definition) is 1. The number of nitriles is 1. The Hall–Kier alpha value is -2.91. The standard InChI is InChI=1S/C18H15P.C11H12ClN/c1-4-10-16(11-5-1)19(17-12-6-2-7-13-17)18-14-8-3-9-15-18;1-2-10(8-13)11-5-3-4-9(6-11)7-12/h1-15H;3-6,10H,2,7H2,1H3. The van der Waals surface area contributed by atoms with E-state index in [1.54, 1.807) is 0 Å². The minimum Gasteiger partial charge on any atom is -0.198 e. The fourth-order valence-corrected chi connectivity index (χ4v) is 5.94. The molecule has 0 heterocycles. The van der Waals surface area contributed by atoms with Crippen molar-refractivity contribution < 1.29 is 0 Å². The first kappa shape index (κ1) is 23.7. The summed E-state index contributed by atoms with van der Waals surface area (Å²) >= 11 is 5.71. The molecular weight excluding hydrogens is 429 g/mol. The van der Waals surface area contributed by atoms with E-state index in [4.69, 9.17) is 16.9 Å². The van der Waals surface area contributed by atoms with E-state index in [2.05, 4.69) is 97.1 Å². The zero-order chi connectivity index (χ0) is 22.6. The smallest absolute Gasteiger partial charge is 0.0710 e. The summed E-state index contributed by atoms with van der Waals surface area (Å²) in [6.45, 7) is 2.02. The first-order chi connectivity index (χ1) is 15.8. The van der Waals surface area contributed by atoms with E-state index in [1.165, 1.54) is 15.9 Å². The Balaban J connectivity index is 0.000000195. The molecule has 4 aromatic rings. The lowest BCUT2D eigenvalue weighted by Crippen LogP contribution is -2.20. The van der Waals surface area contributed by atoms with Crippen molar-refractivity contribution in [3.05, 3.63) is 126 Å². The molecule has 0 amide bonds. The van der Waals surface area contributed by atoms with Gasteiger partial charge in [0.25, 0.3) is 0 Å². The van der Waals surface area contributed by atoms with Crippen LogP contribution in [0.4, 0.5) is 0 Å². The molecule has 160 valence electrons. The SMILES string of the molecule is CCC(C#N)c1cccc(CCl)c1.c1ccc(P(c2ccccc2)c2ccccc2)cc1. The maximum absolute atomic E-state index is 8.86. The summed E-state index contributed by atoms with van der Waals surface area (Å²) in [5.41, 5.74) is 2.15. The lowest BCUT2D eigenvalue weighted by molar-refractivity contribution is 0.817. The largest absolute Gasteiger partial charge is 0.198 e.